The fraction of sp³-hybridized carbons (Fsp3) is 0.667. The fourth-order valence-corrected chi connectivity index (χ4v) is 0.123. The van der Waals surface area contributed by atoms with Gasteiger partial charge in [-0.2, -0.15) is 0 Å². The van der Waals surface area contributed by atoms with E-state index in [9.17, 15) is 4.79 Å². The number of hydrogen-bond acceptors (Lipinski definition) is 2. The van der Waals surface area contributed by atoms with E-state index >= 15 is 0 Å². The van der Waals surface area contributed by atoms with Crippen LogP contribution in [0.4, 0.5) is 0 Å². The van der Waals surface area contributed by atoms with Crippen molar-refractivity contribution in [2.75, 3.05) is 13.7 Å². The second-order valence-corrected chi connectivity index (χ2v) is 0.827. The molecule has 0 spiro atoms. The van der Waals surface area contributed by atoms with Crippen LogP contribution in [0.2, 0.25) is 0 Å². The first-order chi connectivity index (χ1) is 2.77. The summed E-state index contributed by atoms with van der Waals surface area (Å²) >= 11 is 0. The van der Waals surface area contributed by atoms with Gasteiger partial charge in [-0.15, -0.1) is 0 Å². The fourth-order valence-electron chi connectivity index (χ4n) is 0.123. The summed E-state index contributed by atoms with van der Waals surface area (Å²) in [5, 5.41) is 7.79. The summed E-state index contributed by atoms with van der Waals surface area (Å²) in [6.45, 7) is -0.208. The van der Waals surface area contributed by atoms with Gasteiger partial charge in [-0.1, -0.05) is 0 Å². The van der Waals surface area contributed by atoms with Gasteiger partial charge in [0.05, 0.1) is 0 Å². The van der Waals surface area contributed by atoms with Crippen molar-refractivity contribution in [2.24, 2.45) is 0 Å². The van der Waals surface area contributed by atoms with Crippen molar-refractivity contribution < 1.29 is 34.1 Å². The molecule has 0 saturated heterocycles. The van der Waals surface area contributed by atoms with Crippen LogP contribution in [0.1, 0.15) is 0 Å². The Morgan fingerprint density at radius 1 is 1.86 bits per heavy atom. The quantitative estimate of drug-likeness (QED) is 0.558. The predicted molar refractivity (Wildman–Crippen MR) is 19.5 cm³/mol. The summed E-state index contributed by atoms with van der Waals surface area (Å²) < 4.78 is 4.20. The molecule has 0 aromatic rings. The molecule has 0 fully saturated rings. The van der Waals surface area contributed by atoms with Crippen molar-refractivity contribution in [3.8, 4) is 0 Å². The SMILES string of the molecule is COCC(=O)O.[Zn]. The van der Waals surface area contributed by atoms with Crippen LogP contribution in [-0.2, 0) is 29.0 Å². The Kier molecular flexibility index (Phi) is 8.75. The van der Waals surface area contributed by atoms with Crippen molar-refractivity contribution in [2.45, 2.75) is 0 Å². The Hall–Kier alpha value is 0.0534. The minimum atomic E-state index is -0.933. The molecule has 0 unspecified atom stereocenters. The summed E-state index contributed by atoms with van der Waals surface area (Å²) in [6.07, 6.45) is 0. The third kappa shape index (κ3) is 10.7. The minimum Gasteiger partial charge on any atom is -0.480 e. The van der Waals surface area contributed by atoms with E-state index in [-0.39, 0.29) is 26.1 Å². The van der Waals surface area contributed by atoms with Gasteiger partial charge in [0.15, 0.2) is 0 Å². The number of ether oxygens (including phenoxy) is 1. The Bertz CT molecular complexity index is 54.1. The third-order valence-electron chi connectivity index (χ3n) is 0.268. The first-order valence-electron chi connectivity index (χ1n) is 1.48. The van der Waals surface area contributed by atoms with Crippen LogP contribution >= 0.6 is 0 Å². The molecular formula is C3H6O3Zn. The molecule has 0 aliphatic heterocycles. The Morgan fingerprint density at radius 3 is 2.29 bits per heavy atom. The van der Waals surface area contributed by atoms with Gasteiger partial charge in [0.2, 0.25) is 0 Å². The molecule has 7 heavy (non-hydrogen) atoms. The molecule has 38 valence electrons. The van der Waals surface area contributed by atoms with Crippen LogP contribution in [0.3, 0.4) is 0 Å². The molecule has 0 radical (unpaired) electrons. The normalized spacial score (nSPS) is 7.00. The molecule has 0 aliphatic rings. The largest absolute Gasteiger partial charge is 0.480 e. The molecule has 0 heterocycles. The molecule has 0 saturated carbocycles. The van der Waals surface area contributed by atoms with Crippen molar-refractivity contribution in [1.82, 2.24) is 0 Å². The maximum Gasteiger partial charge on any atom is 0.329 e. The zero-order valence-electron chi connectivity index (χ0n) is 4.18. The van der Waals surface area contributed by atoms with E-state index < -0.39 is 5.97 Å². The molecule has 1 N–H and O–H groups in total. The molecule has 0 aromatic heterocycles. The van der Waals surface area contributed by atoms with Crippen molar-refractivity contribution in [3.05, 3.63) is 0 Å². The predicted octanol–water partition coefficient (Wildman–Crippen LogP) is -0.285. The van der Waals surface area contributed by atoms with Gasteiger partial charge in [0, 0.05) is 26.6 Å². The summed E-state index contributed by atoms with van der Waals surface area (Å²) in [5.74, 6) is -0.933. The molecule has 4 heteroatoms. The van der Waals surface area contributed by atoms with Crippen molar-refractivity contribution in [3.63, 3.8) is 0 Å². The third-order valence-corrected chi connectivity index (χ3v) is 0.268. The molecular weight excluding hydrogens is 149 g/mol. The number of carboxylic acid groups (broad SMARTS) is 1. The smallest absolute Gasteiger partial charge is 0.329 e. The summed E-state index contributed by atoms with van der Waals surface area (Å²) in [5.41, 5.74) is 0. The van der Waals surface area contributed by atoms with E-state index in [1.807, 2.05) is 0 Å². The van der Waals surface area contributed by atoms with Crippen LogP contribution < -0.4 is 0 Å². The summed E-state index contributed by atoms with van der Waals surface area (Å²) in [7, 11) is 1.34. The van der Waals surface area contributed by atoms with Crippen molar-refractivity contribution >= 4 is 5.97 Å². The second kappa shape index (κ2) is 6.05. The number of aliphatic carboxylic acids is 1. The minimum absolute atomic E-state index is 0. The molecule has 3 nitrogen and oxygen atoms in total. The standard InChI is InChI=1S/C3H6O3.Zn/c1-6-2-3(4)5;/h2H2,1H3,(H,4,5);. The zero-order valence-corrected chi connectivity index (χ0v) is 7.15. The van der Waals surface area contributed by atoms with Gasteiger partial charge >= 0.3 is 5.97 Å². The first-order valence-corrected chi connectivity index (χ1v) is 1.48. The van der Waals surface area contributed by atoms with Gasteiger partial charge < -0.3 is 9.84 Å². The van der Waals surface area contributed by atoms with Gasteiger partial charge in [-0.05, 0) is 0 Å². The number of methoxy groups -OCH3 is 1. The van der Waals surface area contributed by atoms with E-state index in [0.29, 0.717) is 0 Å². The van der Waals surface area contributed by atoms with Gasteiger partial charge in [-0.25, -0.2) is 4.79 Å². The summed E-state index contributed by atoms with van der Waals surface area (Å²) in [6, 6.07) is 0. The van der Waals surface area contributed by atoms with E-state index in [0.717, 1.165) is 0 Å². The van der Waals surface area contributed by atoms with E-state index in [4.69, 9.17) is 5.11 Å². The monoisotopic (exact) mass is 154 g/mol. The summed E-state index contributed by atoms with van der Waals surface area (Å²) in [4.78, 5) is 9.47. The number of carboxylic acids is 1. The van der Waals surface area contributed by atoms with Crippen LogP contribution in [-0.4, -0.2) is 24.8 Å². The molecule has 0 aromatic carbocycles. The van der Waals surface area contributed by atoms with Crippen LogP contribution in [0, 0.1) is 0 Å². The molecule has 0 aliphatic carbocycles. The van der Waals surface area contributed by atoms with E-state index in [2.05, 4.69) is 4.74 Å². The number of rotatable bonds is 2. The Morgan fingerprint density at radius 2 is 2.29 bits per heavy atom. The maximum absolute atomic E-state index is 9.47. The first kappa shape index (κ1) is 10.1. The topological polar surface area (TPSA) is 46.5 Å². The molecule has 0 bridgehead atoms. The zero-order chi connectivity index (χ0) is 4.99. The van der Waals surface area contributed by atoms with Gasteiger partial charge in [0.1, 0.15) is 6.61 Å². The van der Waals surface area contributed by atoms with E-state index in [1.165, 1.54) is 7.11 Å². The van der Waals surface area contributed by atoms with Crippen molar-refractivity contribution in [1.29, 1.82) is 0 Å². The number of carbonyl (C=O) groups is 1. The van der Waals surface area contributed by atoms with Crippen LogP contribution in [0.5, 0.6) is 0 Å². The van der Waals surface area contributed by atoms with Crippen LogP contribution in [0.25, 0.3) is 0 Å². The van der Waals surface area contributed by atoms with E-state index in [1.54, 1.807) is 0 Å². The van der Waals surface area contributed by atoms with Crippen LogP contribution in [0.15, 0.2) is 0 Å². The Balaban J connectivity index is 0. The second-order valence-electron chi connectivity index (χ2n) is 0.827. The average Bonchev–Trinajstić information content (AvgIpc) is 1.35. The maximum atomic E-state index is 9.47. The molecule has 0 atom stereocenters. The van der Waals surface area contributed by atoms with Gasteiger partial charge in [-0.3, -0.25) is 0 Å². The average molecular weight is 155 g/mol. The number of hydrogen-bond donors (Lipinski definition) is 1. The van der Waals surface area contributed by atoms with Gasteiger partial charge in [0.25, 0.3) is 0 Å². The molecule has 0 amide bonds. The molecule has 0 rings (SSSR count). The Labute approximate surface area is 54.4 Å².